The molecule has 3 rings (SSSR count). The highest BCUT2D eigenvalue weighted by atomic mass is 16.2. The molecule has 1 heterocycles. The number of anilines is 3. The predicted molar refractivity (Wildman–Crippen MR) is 100 cm³/mol. The Morgan fingerprint density at radius 3 is 2.50 bits per heavy atom. The van der Waals surface area contributed by atoms with Crippen molar-refractivity contribution in [1.82, 2.24) is 0 Å². The van der Waals surface area contributed by atoms with E-state index >= 15 is 0 Å². The summed E-state index contributed by atoms with van der Waals surface area (Å²) in [6.07, 6.45) is 0. The van der Waals surface area contributed by atoms with Gasteiger partial charge in [0, 0.05) is 12.6 Å². The van der Waals surface area contributed by atoms with Crippen LogP contribution in [0, 0.1) is 0 Å². The third-order valence-corrected chi connectivity index (χ3v) is 4.90. The zero-order valence-corrected chi connectivity index (χ0v) is 14.8. The van der Waals surface area contributed by atoms with Crippen molar-refractivity contribution in [3.05, 3.63) is 53.6 Å². The fourth-order valence-electron chi connectivity index (χ4n) is 3.39. The molecular formula is C20H25N3O. The topological polar surface area (TPSA) is 58.4 Å². The molecule has 2 aromatic carbocycles. The van der Waals surface area contributed by atoms with Gasteiger partial charge < -0.3 is 16.0 Å². The summed E-state index contributed by atoms with van der Waals surface area (Å²) in [6, 6.07) is 14.3. The van der Waals surface area contributed by atoms with Crippen LogP contribution in [0.25, 0.3) is 0 Å². The molecule has 126 valence electrons. The highest BCUT2D eigenvalue weighted by molar-refractivity contribution is 6.08. The van der Waals surface area contributed by atoms with Crippen LogP contribution in [-0.4, -0.2) is 12.5 Å². The first-order chi connectivity index (χ1) is 11.4. The Morgan fingerprint density at radius 1 is 1.21 bits per heavy atom. The molecule has 1 atom stereocenters. The summed E-state index contributed by atoms with van der Waals surface area (Å²) in [6.45, 7) is 8.69. The van der Waals surface area contributed by atoms with E-state index in [-0.39, 0.29) is 11.9 Å². The summed E-state index contributed by atoms with van der Waals surface area (Å²) in [5, 5.41) is 3.48. The molecule has 0 radical (unpaired) electrons. The largest absolute Gasteiger partial charge is 0.397 e. The smallest absolute Gasteiger partial charge is 0.237 e. The average Bonchev–Trinajstić information content (AvgIpc) is 2.75. The first-order valence-electron chi connectivity index (χ1n) is 8.43. The summed E-state index contributed by atoms with van der Waals surface area (Å²) in [5.41, 5.74) is 10.5. The van der Waals surface area contributed by atoms with Crippen molar-refractivity contribution in [2.75, 3.05) is 22.5 Å². The van der Waals surface area contributed by atoms with Gasteiger partial charge in [-0.3, -0.25) is 4.79 Å². The van der Waals surface area contributed by atoms with Gasteiger partial charge in [0.05, 0.1) is 22.5 Å². The first kappa shape index (κ1) is 16.4. The van der Waals surface area contributed by atoms with E-state index in [2.05, 4.69) is 24.4 Å². The quantitative estimate of drug-likeness (QED) is 0.833. The summed E-state index contributed by atoms with van der Waals surface area (Å²) < 4.78 is 0. The van der Waals surface area contributed by atoms with Crippen LogP contribution in [0.3, 0.4) is 0 Å². The number of hydrogen-bond acceptors (Lipinski definition) is 3. The number of hydrogen-bond donors (Lipinski definition) is 2. The minimum atomic E-state index is -0.525. The molecular weight excluding hydrogens is 298 g/mol. The van der Waals surface area contributed by atoms with E-state index in [1.54, 1.807) is 0 Å². The number of carbonyl (C=O) groups excluding carboxylic acids is 1. The number of benzene rings is 2. The van der Waals surface area contributed by atoms with Crippen molar-refractivity contribution in [3.8, 4) is 0 Å². The second kappa shape index (κ2) is 5.86. The van der Waals surface area contributed by atoms with Crippen molar-refractivity contribution < 1.29 is 4.79 Å². The van der Waals surface area contributed by atoms with Crippen molar-refractivity contribution in [2.24, 2.45) is 0 Å². The van der Waals surface area contributed by atoms with E-state index in [9.17, 15) is 4.79 Å². The Hall–Kier alpha value is -2.49. The van der Waals surface area contributed by atoms with Crippen LogP contribution in [0.15, 0.2) is 42.5 Å². The van der Waals surface area contributed by atoms with Crippen molar-refractivity contribution in [2.45, 2.75) is 39.2 Å². The number of nitrogens with one attached hydrogen (secondary N) is 1. The number of rotatable bonds is 4. The van der Waals surface area contributed by atoms with Crippen LogP contribution in [0.5, 0.6) is 0 Å². The van der Waals surface area contributed by atoms with Gasteiger partial charge in [0.15, 0.2) is 0 Å². The number of carbonyl (C=O) groups is 1. The molecule has 2 aromatic rings. The summed E-state index contributed by atoms with van der Waals surface area (Å²) in [7, 11) is 0. The Kier molecular flexibility index (Phi) is 3.99. The standard InChI is InChI=1S/C20H25N3O/c1-5-23-18-12-17(22-13(2)14-9-7-6-8-10-14)16(21)11-15(18)20(3,4)19(23)24/h6-13,22H,5,21H2,1-4H3/t13-/m0/s1. The summed E-state index contributed by atoms with van der Waals surface area (Å²) >= 11 is 0. The molecule has 0 bridgehead atoms. The SMILES string of the molecule is CCN1C(=O)C(C)(C)c2cc(N)c(N[C@@H](C)c3ccccc3)cc21. The average molecular weight is 323 g/mol. The van der Waals surface area contributed by atoms with Crippen LogP contribution >= 0.6 is 0 Å². The zero-order valence-electron chi connectivity index (χ0n) is 14.8. The number of fused-ring (bicyclic) bond motifs is 1. The molecule has 1 aliphatic rings. The maximum absolute atomic E-state index is 12.6. The molecule has 0 fully saturated rings. The van der Waals surface area contributed by atoms with Crippen LogP contribution in [-0.2, 0) is 10.2 Å². The number of likely N-dealkylation sites (N-methyl/N-ethyl adjacent to an activating group) is 1. The van der Waals surface area contributed by atoms with Gasteiger partial charge in [0.25, 0.3) is 0 Å². The van der Waals surface area contributed by atoms with Crippen molar-refractivity contribution in [1.29, 1.82) is 0 Å². The van der Waals surface area contributed by atoms with E-state index in [4.69, 9.17) is 5.73 Å². The molecule has 1 amide bonds. The summed E-state index contributed by atoms with van der Waals surface area (Å²) in [5.74, 6) is 0.132. The van der Waals surface area contributed by atoms with Crippen LogP contribution in [0.1, 0.15) is 44.9 Å². The third kappa shape index (κ3) is 2.52. The molecule has 0 unspecified atom stereocenters. The predicted octanol–water partition coefficient (Wildman–Crippen LogP) is 4.09. The maximum Gasteiger partial charge on any atom is 0.237 e. The molecule has 3 N–H and O–H groups in total. The number of nitrogens with two attached hydrogens (primary N) is 1. The Balaban J connectivity index is 1.98. The molecule has 0 saturated heterocycles. The normalized spacial score (nSPS) is 16.8. The lowest BCUT2D eigenvalue weighted by Crippen LogP contribution is -2.35. The van der Waals surface area contributed by atoms with Gasteiger partial charge in [-0.25, -0.2) is 0 Å². The number of nitrogen functional groups attached to an aromatic ring is 1. The highest BCUT2D eigenvalue weighted by Gasteiger charge is 2.43. The first-order valence-corrected chi connectivity index (χ1v) is 8.43. The van der Waals surface area contributed by atoms with E-state index in [1.807, 2.05) is 56.0 Å². The maximum atomic E-state index is 12.6. The minimum Gasteiger partial charge on any atom is -0.397 e. The number of amides is 1. The lowest BCUT2D eigenvalue weighted by atomic mass is 9.86. The van der Waals surface area contributed by atoms with Gasteiger partial charge >= 0.3 is 0 Å². The van der Waals surface area contributed by atoms with Gasteiger partial charge in [-0.2, -0.15) is 0 Å². The van der Waals surface area contributed by atoms with Gasteiger partial charge in [-0.15, -0.1) is 0 Å². The van der Waals surface area contributed by atoms with Crippen LogP contribution < -0.4 is 16.0 Å². The number of nitrogens with zero attached hydrogens (tertiary/aromatic N) is 1. The molecule has 4 heteroatoms. The molecule has 1 aliphatic heterocycles. The van der Waals surface area contributed by atoms with Crippen LogP contribution in [0.2, 0.25) is 0 Å². The molecule has 0 spiro atoms. The fourth-order valence-corrected chi connectivity index (χ4v) is 3.39. The van der Waals surface area contributed by atoms with Crippen molar-refractivity contribution >= 4 is 23.0 Å². The molecule has 0 aliphatic carbocycles. The Morgan fingerprint density at radius 2 is 1.88 bits per heavy atom. The van der Waals surface area contributed by atoms with E-state index in [0.29, 0.717) is 12.2 Å². The van der Waals surface area contributed by atoms with Gasteiger partial charge in [-0.05, 0) is 51.0 Å². The third-order valence-electron chi connectivity index (χ3n) is 4.90. The van der Waals surface area contributed by atoms with Crippen LogP contribution in [0.4, 0.5) is 17.1 Å². The molecule has 4 nitrogen and oxygen atoms in total. The Labute approximate surface area is 143 Å². The fraction of sp³-hybridized carbons (Fsp3) is 0.350. The second-order valence-electron chi connectivity index (χ2n) is 6.91. The minimum absolute atomic E-state index is 0.131. The van der Waals surface area contributed by atoms with Gasteiger partial charge in [0.2, 0.25) is 5.91 Å². The Bertz CT molecular complexity index is 768. The van der Waals surface area contributed by atoms with E-state index < -0.39 is 5.41 Å². The van der Waals surface area contributed by atoms with Gasteiger partial charge in [0.1, 0.15) is 0 Å². The lowest BCUT2D eigenvalue weighted by Gasteiger charge is -2.20. The van der Waals surface area contributed by atoms with Crippen molar-refractivity contribution in [3.63, 3.8) is 0 Å². The van der Waals surface area contributed by atoms with E-state index in [0.717, 1.165) is 16.9 Å². The summed E-state index contributed by atoms with van der Waals surface area (Å²) in [4.78, 5) is 14.5. The van der Waals surface area contributed by atoms with E-state index in [1.165, 1.54) is 5.56 Å². The van der Waals surface area contributed by atoms with Gasteiger partial charge in [-0.1, -0.05) is 30.3 Å². The monoisotopic (exact) mass is 323 g/mol. The molecule has 0 aromatic heterocycles. The lowest BCUT2D eigenvalue weighted by molar-refractivity contribution is -0.122. The second-order valence-corrected chi connectivity index (χ2v) is 6.91. The molecule has 0 saturated carbocycles. The zero-order chi connectivity index (χ0) is 17.5. The molecule has 24 heavy (non-hydrogen) atoms. The highest BCUT2D eigenvalue weighted by Crippen LogP contribution is 2.45.